The van der Waals surface area contributed by atoms with E-state index < -0.39 is 17.4 Å². The van der Waals surface area contributed by atoms with E-state index in [9.17, 15) is 19.7 Å². The molecule has 0 saturated heterocycles. The van der Waals surface area contributed by atoms with Crippen LogP contribution in [0, 0.1) is 10.1 Å². The zero-order valence-electron chi connectivity index (χ0n) is 15.0. The molecule has 0 bridgehead atoms. The second-order valence-electron chi connectivity index (χ2n) is 5.40. The Labute approximate surface area is 155 Å². The number of ether oxygens (including phenoxy) is 3. The third-order valence-corrected chi connectivity index (χ3v) is 3.60. The van der Waals surface area contributed by atoms with Gasteiger partial charge < -0.3 is 19.5 Å². The summed E-state index contributed by atoms with van der Waals surface area (Å²) in [7, 11) is 2.79. The monoisotopic (exact) mass is 374 g/mol. The lowest BCUT2D eigenvalue weighted by Crippen LogP contribution is -2.21. The van der Waals surface area contributed by atoms with Crippen molar-refractivity contribution >= 4 is 23.1 Å². The number of hydrogen-bond acceptors (Lipinski definition) is 7. The highest BCUT2D eigenvalue weighted by molar-refractivity contribution is 5.95. The van der Waals surface area contributed by atoms with Gasteiger partial charge in [-0.25, -0.2) is 0 Å². The van der Waals surface area contributed by atoms with Crippen molar-refractivity contribution in [1.82, 2.24) is 0 Å². The van der Waals surface area contributed by atoms with Crippen LogP contribution in [0.15, 0.2) is 36.4 Å². The highest BCUT2D eigenvalue weighted by Crippen LogP contribution is 2.30. The average Bonchev–Trinajstić information content (AvgIpc) is 2.66. The van der Waals surface area contributed by atoms with Crippen LogP contribution in [0.5, 0.6) is 17.2 Å². The van der Waals surface area contributed by atoms with Crippen LogP contribution >= 0.6 is 0 Å². The average molecular weight is 374 g/mol. The largest absolute Gasteiger partial charge is 0.496 e. The van der Waals surface area contributed by atoms with Crippen LogP contribution in [0.3, 0.4) is 0 Å². The number of hydrogen-bond donors (Lipinski definition) is 1. The summed E-state index contributed by atoms with van der Waals surface area (Å²) >= 11 is 0. The van der Waals surface area contributed by atoms with Crippen molar-refractivity contribution in [2.75, 3.05) is 26.1 Å². The minimum atomic E-state index is -0.623. The van der Waals surface area contributed by atoms with E-state index in [-0.39, 0.29) is 22.9 Å². The van der Waals surface area contributed by atoms with Gasteiger partial charge in [-0.3, -0.25) is 19.7 Å². The number of carbonyl (C=O) groups is 2. The highest BCUT2D eigenvalue weighted by atomic mass is 16.6. The molecular formula is C18H18N2O7. The molecule has 9 heteroatoms. The Kier molecular flexibility index (Phi) is 6.32. The number of nitro benzene ring substituents is 1. The van der Waals surface area contributed by atoms with Crippen LogP contribution in [-0.2, 0) is 4.79 Å². The third-order valence-electron chi connectivity index (χ3n) is 3.60. The number of amides is 1. The number of anilines is 1. The molecule has 2 aromatic carbocycles. The molecule has 1 amide bonds. The molecule has 0 spiro atoms. The van der Waals surface area contributed by atoms with Crippen molar-refractivity contribution < 1.29 is 28.7 Å². The third kappa shape index (κ3) is 4.94. The van der Waals surface area contributed by atoms with E-state index in [4.69, 9.17) is 14.2 Å². The SMILES string of the molecule is COc1ccc(NC(=O)COc2ccc(C(C)=O)cc2OC)c([N+](=O)[O-])c1. The highest BCUT2D eigenvalue weighted by Gasteiger charge is 2.18. The first kappa shape index (κ1) is 19.7. The quantitative estimate of drug-likeness (QED) is 0.429. The predicted octanol–water partition coefficient (Wildman–Crippen LogP) is 2.83. The molecule has 142 valence electrons. The summed E-state index contributed by atoms with van der Waals surface area (Å²) in [4.78, 5) is 34.0. The molecule has 0 aromatic heterocycles. The second kappa shape index (κ2) is 8.65. The molecule has 0 aliphatic heterocycles. The standard InChI is InChI=1S/C18H18N2O7/c1-11(21)12-4-7-16(17(8-12)26-3)27-10-18(22)19-14-6-5-13(25-2)9-15(14)20(23)24/h4-9H,10H2,1-3H3,(H,19,22). The lowest BCUT2D eigenvalue weighted by atomic mass is 10.1. The Morgan fingerprint density at radius 3 is 2.41 bits per heavy atom. The Morgan fingerprint density at radius 2 is 1.81 bits per heavy atom. The van der Waals surface area contributed by atoms with Crippen molar-refractivity contribution in [2.24, 2.45) is 0 Å². The lowest BCUT2D eigenvalue weighted by Gasteiger charge is -2.12. The maximum Gasteiger partial charge on any atom is 0.296 e. The molecule has 2 aromatic rings. The first-order valence-corrected chi connectivity index (χ1v) is 7.79. The number of methoxy groups -OCH3 is 2. The Balaban J connectivity index is 2.09. The molecule has 1 N–H and O–H groups in total. The van der Waals surface area contributed by atoms with E-state index in [1.165, 1.54) is 51.5 Å². The number of rotatable bonds is 8. The molecule has 9 nitrogen and oxygen atoms in total. The van der Waals surface area contributed by atoms with Gasteiger partial charge in [-0.05, 0) is 37.3 Å². The summed E-state index contributed by atoms with van der Waals surface area (Å²) in [5, 5.41) is 13.6. The van der Waals surface area contributed by atoms with Crippen LogP contribution in [0.4, 0.5) is 11.4 Å². The van der Waals surface area contributed by atoms with Gasteiger partial charge in [-0.1, -0.05) is 0 Å². The van der Waals surface area contributed by atoms with E-state index in [1.54, 1.807) is 6.07 Å². The van der Waals surface area contributed by atoms with E-state index >= 15 is 0 Å². The van der Waals surface area contributed by atoms with Gasteiger partial charge >= 0.3 is 0 Å². The number of nitrogens with one attached hydrogen (secondary N) is 1. The van der Waals surface area contributed by atoms with Gasteiger partial charge in [0.25, 0.3) is 11.6 Å². The fourth-order valence-electron chi connectivity index (χ4n) is 2.23. The smallest absolute Gasteiger partial charge is 0.296 e. The number of nitro groups is 1. The number of benzene rings is 2. The lowest BCUT2D eigenvalue weighted by molar-refractivity contribution is -0.384. The Morgan fingerprint density at radius 1 is 1.07 bits per heavy atom. The molecule has 27 heavy (non-hydrogen) atoms. The molecular weight excluding hydrogens is 356 g/mol. The van der Waals surface area contributed by atoms with Crippen LogP contribution in [0.25, 0.3) is 0 Å². The van der Waals surface area contributed by atoms with Gasteiger partial charge in [0.05, 0.1) is 25.2 Å². The molecule has 0 radical (unpaired) electrons. The molecule has 0 saturated carbocycles. The molecule has 0 heterocycles. The molecule has 0 aliphatic rings. The van der Waals surface area contributed by atoms with E-state index in [0.29, 0.717) is 17.1 Å². The van der Waals surface area contributed by atoms with Crippen molar-refractivity contribution in [2.45, 2.75) is 6.92 Å². The second-order valence-corrected chi connectivity index (χ2v) is 5.40. The summed E-state index contributed by atoms with van der Waals surface area (Å²) in [5.41, 5.74) is 0.164. The molecule has 2 rings (SSSR count). The van der Waals surface area contributed by atoms with Gasteiger partial charge in [0.15, 0.2) is 23.9 Å². The molecule has 0 fully saturated rings. The number of ketones is 1. The fraction of sp³-hybridized carbons (Fsp3) is 0.222. The van der Waals surface area contributed by atoms with Crippen molar-refractivity contribution in [3.8, 4) is 17.2 Å². The summed E-state index contributed by atoms with van der Waals surface area (Å²) in [6.45, 7) is 1.02. The zero-order chi connectivity index (χ0) is 20.0. The van der Waals surface area contributed by atoms with Gasteiger partial charge in [0.1, 0.15) is 11.4 Å². The maximum atomic E-state index is 12.1. The molecule has 0 atom stereocenters. The van der Waals surface area contributed by atoms with Crippen LogP contribution in [0.1, 0.15) is 17.3 Å². The van der Waals surface area contributed by atoms with Crippen LogP contribution in [0.2, 0.25) is 0 Å². The van der Waals surface area contributed by atoms with E-state index in [1.807, 2.05) is 0 Å². The summed E-state index contributed by atoms with van der Waals surface area (Å²) in [6, 6.07) is 8.64. The van der Waals surface area contributed by atoms with Crippen molar-refractivity contribution in [3.05, 3.63) is 52.1 Å². The van der Waals surface area contributed by atoms with Crippen LogP contribution in [-0.4, -0.2) is 37.4 Å². The summed E-state index contributed by atoms with van der Waals surface area (Å²) in [6.07, 6.45) is 0. The summed E-state index contributed by atoms with van der Waals surface area (Å²) < 4.78 is 15.5. The Hall–Kier alpha value is -3.62. The predicted molar refractivity (Wildman–Crippen MR) is 96.8 cm³/mol. The van der Waals surface area contributed by atoms with Gasteiger partial charge in [0, 0.05) is 5.56 Å². The summed E-state index contributed by atoms with van der Waals surface area (Å²) in [5.74, 6) is 0.129. The van der Waals surface area contributed by atoms with Crippen molar-refractivity contribution in [3.63, 3.8) is 0 Å². The molecule has 0 aliphatic carbocycles. The van der Waals surface area contributed by atoms with Crippen molar-refractivity contribution in [1.29, 1.82) is 0 Å². The number of nitrogens with zero attached hydrogens (tertiary/aromatic N) is 1. The van der Waals surface area contributed by atoms with Crippen LogP contribution < -0.4 is 19.5 Å². The van der Waals surface area contributed by atoms with Gasteiger partial charge in [-0.15, -0.1) is 0 Å². The zero-order valence-corrected chi connectivity index (χ0v) is 15.0. The first-order valence-electron chi connectivity index (χ1n) is 7.79. The Bertz CT molecular complexity index is 880. The minimum Gasteiger partial charge on any atom is -0.496 e. The van der Waals surface area contributed by atoms with E-state index in [0.717, 1.165) is 0 Å². The van der Waals surface area contributed by atoms with Gasteiger partial charge in [-0.2, -0.15) is 0 Å². The van der Waals surface area contributed by atoms with E-state index in [2.05, 4.69) is 5.32 Å². The minimum absolute atomic E-state index is 0.0216. The normalized spacial score (nSPS) is 10.0. The fourth-order valence-corrected chi connectivity index (χ4v) is 2.23. The first-order chi connectivity index (χ1) is 12.8. The topological polar surface area (TPSA) is 117 Å². The van der Waals surface area contributed by atoms with Gasteiger partial charge in [0.2, 0.25) is 0 Å². The maximum absolute atomic E-state index is 12.1. The number of carbonyl (C=O) groups excluding carboxylic acids is 2. The number of Topliss-reactive ketones (excluding diaryl/α,β-unsaturated/α-hetero) is 1. The molecule has 0 unspecified atom stereocenters.